The third-order valence-electron chi connectivity index (χ3n) is 3.70. The molecule has 2 aliphatic carbocycles. The maximum absolute atomic E-state index is 11.5. The number of hydrogen-bond donors (Lipinski definition) is 0. The molecule has 0 aromatic rings. The molecule has 0 N–H and O–H groups in total. The molecule has 68 valence electrons. The van der Waals surface area contributed by atoms with Crippen molar-refractivity contribution in [3.8, 4) is 0 Å². The molecule has 0 radical (unpaired) electrons. The van der Waals surface area contributed by atoms with Gasteiger partial charge >= 0.3 is 0 Å². The Kier molecular flexibility index (Phi) is 1.59. The van der Waals surface area contributed by atoms with Gasteiger partial charge in [0.1, 0.15) is 5.78 Å². The van der Waals surface area contributed by atoms with Crippen molar-refractivity contribution in [2.45, 2.75) is 32.8 Å². The van der Waals surface area contributed by atoms with Crippen molar-refractivity contribution >= 4 is 5.78 Å². The van der Waals surface area contributed by atoms with Crippen LogP contribution in [-0.2, 0) is 9.53 Å². The van der Waals surface area contributed by atoms with E-state index in [4.69, 9.17) is 4.74 Å². The van der Waals surface area contributed by atoms with Crippen LogP contribution >= 0.6 is 0 Å². The molecule has 0 aliphatic heterocycles. The van der Waals surface area contributed by atoms with E-state index in [-0.39, 0.29) is 11.3 Å². The summed E-state index contributed by atoms with van der Waals surface area (Å²) < 4.78 is 5.46. The van der Waals surface area contributed by atoms with Crippen molar-refractivity contribution in [1.82, 2.24) is 0 Å². The minimum atomic E-state index is 0.0781. The first-order valence-corrected chi connectivity index (χ1v) is 4.63. The van der Waals surface area contributed by atoms with E-state index in [0.29, 0.717) is 17.8 Å². The fourth-order valence-electron chi connectivity index (χ4n) is 3.17. The Bertz CT molecular complexity index is 220. The zero-order chi connectivity index (χ0) is 8.93. The molecule has 2 bridgehead atoms. The summed E-state index contributed by atoms with van der Waals surface area (Å²) >= 11 is 0. The van der Waals surface area contributed by atoms with E-state index in [1.54, 1.807) is 7.11 Å². The lowest BCUT2D eigenvalue weighted by atomic mass is 9.74. The number of hydrogen-bond acceptors (Lipinski definition) is 2. The third kappa shape index (κ3) is 0.817. The van der Waals surface area contributed by atoms with Crippen LogP contribution in [0.2, 0.25) is 0 Å². The molecule has 0 aromatic carbocycles. The highest BCUT2D eigenvalue weighted by Gasteiger charge is 2.57. The van der Waals surface area contributed by atoms with Crippen LogP contribution in [0.1, 0.15) is 26.7 Å². The van der Waals surface area contributed by atoms with E-state index >= 15 is 0 Å². The minimum Gasteiger partial charge on any atom is -0.381 e. The summed E-state index contributed by atoms with van der Waals surface area (Å²) in [6.07, 6.45) is 2.12. The molecule has 2 fully saturated rings. The van der Waals surface area contributed by atoms with Crippen LogP contribution < -0.4 is 0 Å². The third-order valence-corrected chi connectivity index (χ3v) is 3.70. The van der Waals surface area contributed by atoms with Gasteiger partial charge in [0.05, 0.1) is 6.10 Å². The molecule has 0 saturated heterocycles. The number of ether oxygens (including phenoxy) is 1. The standard InChI is InChI=1S/C10H16O2/c1-10(2)7-4-6(5-8(7)11)9(10)12-3/h6-7,9H,4-5H2,1-3H3/t6-,7+,9+/m0/s1. The lowest BCUT2D eigenvalue weighted by Crippen LogP contribution is -2.40. The number of ketones is 1. The number of carbonyl (C=O) groups is 1. The average molecular weight is 168 g/mol. The molecule has 2 saturated carbocycles. The van der Waals surface area contributed by atoms with Gasteiger partial charge in [-0.15, -0.1) is 0 Å². The SMILES string of the molecule is CO[C@@H]1[C@@H]2CC(=O)[C@@H](C2)C1(C)C. The molecule has 2 nitrogen and oxygen atoms in total. The number of Topliss-reactive ketones (excluding diaryl/α,β-unsaturated/α-hetero) is 1. The van der Waals surface area contributed by atoms with Gasteiger partial charge in [0, 0.05) is 24.9 Å². The lowest BCUT2D eigenvalue weighted by molar-refractivity contribution is -0.131. The van der Waals surface area contributed by atoms with Crippen LogP contribution in [0.3, 0.4) is 0 Å². The predicted octanol–water partition coefficient (Wildman–Crippen LogP) is 1.64. The van der Waals surface area contributed by atoms with Crippen molar-refractivity contribution in [2.75, 3.05) is 7.11 Å². The minimum absolute atomic E-state index is 0.0781. The van der Waals surface area contributed by atoms with E-state index in [1.165, 1.54) is 0 Å². The Labute approximate surface area is 73.3 Å². The van der Waals surface area contributed by atoms with E-state index in [2.05, 4.69) is 13.8 Å². The van der Waals surface area contributed by atoms with E-state index in [0.717, 1.165) is 12.8 Å². The number of rotatable bonds is 1. The van der Waals surface area contributed by atoms with Gasteiger partial charge in [-0.2, -0.15) is 0 Å². The first kappa shape index (κ1) is 8.24. The Balaban J connectivity index is 2.29. The van der Waals surface area contributed by atoms with Crippen LogP contribution in [0.5, 0.6) is 0 Å². The largest absolute Gasteiger partial charge is 0.381 e. The summed E-state index contributed by atoms with van der Waals surface area (Å²) in [5.41, 5.74) is 0.0781. The van der Waals surface area contributed by atoms with Gasteiger partial charge in [0.2, 0.25) is 0 Å². The Morgan fingerprint density at radius 2 is 2.17 bits per heavy atom. The summed E-state index contributed by atoms with van der Waals surface area (Å²) in [5.74, 6) is 1.23. The molecule has 2 aliphatic rings. The second kappa shape index (κ2) is 2.32. The first-order valence-electron chi connectivity index (χ1n) is 4.63. The Morgan fingerprint density at radius 1 is 1.50 bits per heavy atom. The summed E-state index contributed by atoms with van der Waals surface area (Å²) in [6, 6.07) is 0. The monoisotopic (exact) mass is 168 g/mol. The van der Waals surface area contributed by atoms with Crippen molar-refractivity contribution in [3.63, 3.8) is 0 Å². The highest BCUT2D eigenvalue weighted by Crippen LogP contribution is 2.54. The molecule has 0 amide bonds. The molecule has 3 atom stereocenters. The maximum atomic E-state index is 11.5. The van der Waals surface area contributed by atoms with Crippen molar-refractivity contribution in [2.24, 2.45) is 17.3 Å². The van der Waals surface area contributed by atoms with E-state index in [1.807, 2.05) is 0 Å². The van der Waals surface area contributed by atoms with Gasteiger partial charge in [-0.1, -0.05) is 13.8 Å². The fraction of sp³-hybridized carbons (Fsp3) is 0.900. The lowest BCUT2D eigenvalue weighted by Gasteiger charge is -2.36. The molecule has 0 aromatic heterocycles. The highest BCUT2D eigenvalue weighted by atomic mass is 16.5. The smallest absolute Gasteiger partial charge is 0.136 e. The molecule has 0 spiro atoms. The maximum Gasteiger partial charge on any atom is 0.136 e. The summed E-state index contributed by atoms with van der Waals surface area (Å²) in [5, 5.41) is 0. The van der Waals surface area contributed by atoms with Crippen molar-refractivity contribution in [1.29, 1.82) is 0 Å². The topological polar surface area (TPSA) is 26.3 Å². The Hall–Kier alpha value is -0.370. The second-order valence-corrected chi connectivity index (χ2v) is 4.70. The van der Waals surface area contributed by atoms with Gasteiger partial charge in [-0.25, -0.2) is 0 Å². The first-order chi connectivity index (χ1) is 5.57. The number of carbonyl (C=O) groups excluding carboxylic acids is 1. The molecular formula is C10H16O2. The van der Waals surface area contributed by atoms with E-state index < -0.39 is 0 Å². The number of methoxy groups -OCH3 is 1. The average Bonchev–Trinajstić information content (AvgIpc) is 2.41. The van der Waals surface area contributed by atoms with Gasteiger partial charge in [0.15, 0.2) is 0 Å². The van der Waals surface area contributed by atoms with Crippen LogP contribution in [0, 0.1) is 17.3 Å². The van der Waals surface area contributed by atoms with Crippen molar-refractivity contribution < 1.29 is 9.53 Å². The fourth-order valence-corrected chi connectivity index (χ4v) is 3.17. The summed E-state index contributed by atoms with van der Waals surface area (Å²) in [4.78, 5) is 11.5. The summed E-state index contributed by atoms with van der Waals surface area (Å²) in [7, 11) is 1.76. The zero-order valence-electron chi connectivity index (χ0n) is 7.96. The normalized spacial score (nSPS) is 43.9. The zero-order valence-corrected chi connectivity index (χ0v) is 7.96. The summed E-state index contributed by atoms with van der Waals surface area (Å²) in [6.45, 7) is 4.31. The van der Waals surface area contributed by atoms with Gasteiger partial charge in [-0.05, 0) is 12.3 Å². The van der Waals surface area contributed by atoms with Gasteiger partial charge < -0.3 is 4.74 Å². The number of fused-ring (bicyclic) bond motifs is 2. The van der Waals surface area contributed by atoms with E-state index in [9.17, 15) is 4.79 Å². The second-order valence-electron chi connectivity index (χ2n) is 4.70. The highest BCUT2D eigenvalue weighted by molar-refractivity contribution is 5.85. The van der Waals surface area contributed by atoms with Gasteiger partial charge in [0.25, 0.3) is 0 Å². The van der Waals surface area contributed by atoms with Gasteiger partial charge in [-0.3, -0.25) is 4.79 Å². The molecule has 2 rings (SSSR count). The van der Waals surface area contributed by atoms with Crippen LogP contribution in [-0.4, -0.2) is 19.0 Å². The quantitative estimate of drug-likeness (QED) is 0.595. The molecular weight excluding hydrogens is 152 g/mol. The molecule has 2 heteroatoms. The predicted molar refractivity (Wildman–Crippen MR) is 45.8 cm³/mol. The Morgan fingerprint density at radius 3 is 2.58 bits per heavy atom. The van der Waals surface area contributed by atoms with Crippen molar-refractivity contribution in [3.05, 3.63) is 0 Å². The molecule has 12 heavy (non-hydrogen) atoms. The van der Waals surface area contributed by atoms with Crippen LogP contribution in [0.4, 0.5) is 0 Å². The van der Waals surface area contributed by atoms with Crippen LogP contribution in [0.15, 0.2) is 0 Å². The van der Waals surface area contributed by atoms with Crippen LogP contribution in [0.25, 0.3) is 0 Å². The molecule has 0 unspecified atom stereocenters. The molecule has 0 heterocycles.